The summed E-state index contributed by atoms with van der Waals surface area (Å²) in [5.74, 6) is -1.22. The van der Waals surface area contributed by atoms with Crippen molar-refractivity contribution in [3.05, 3.63) is 23.5 Å². The van der Waals surface area contributed by atoms with Gasteiger partial charge in [0, 0.05) is 6.20 Å². The first-order valence-electron chi connectivity index (χ1n) is 5.60. The van der Waals surface area contributed by atoms with E-state index in [0.29, 0.717) is 9.54 Å². The number of carboxylic acid groups (broad SMARTS) is 1. The van der Waals surface area contributed by atoms with Crippen LogP contribution >= 0.6 is 0 Å². The van der Waals surface area contributed by atoms with Gasteiger partial charge >= 0.3 is 16.2 Å². The molecule has 0 amide bonds. The van der Waals surface area contributed by atoms with Gasteiger partial charge in [-0.15, -0.1) is 0 Å². The molecule has 2 heterocycles. The Kier molecular flexibility index (Phi) is 3.42. The average molecular weight is 273 g/mol. The predicted octanol–water partition coefficient (Wildman–Crippen LogP) is -0.295. The van der Waals surface area contributed by atoms with Gasteiger partial charge in [0.2, 0.25) is 0 Å². The summed E-state index contributed by atoms with van der Waals surface area (Å²) >= 11 is 0. The second-order valence-corrected chi connectivity index (χ2v) is 5.71. The summed E-state index contributed by atoms with van der Waals surface area (Å²) in [6, 6.07) is 1.53. The molecule has 4 N–H and O–H groups in total. The van der Waals surface area contributed by atoms with Gasteiger partial charge in [-0.2, -0.15) is 8.42 Å². The highest BCUT2D eigenvalue weighted by Crippen LogP contribution is 2.29. The first kappa shape index (κ1) is 13.1. The van der Waals surface area contributed by atoms with E-state index >= 15 is 0 Å². The Labute approximate surface area is 105 Å². The maximum Gasteiger partial charge on any atom is 0.353 e. The molecule has 0 radical (unpaired) electrons. The summed E-state index contributed by atoms with van der Waals surface area (Å²) in [4.78, 5) is 11.2. The van der Waals surface area contributed by atoms with Crippen molar-refractivity contribution in [3.8, 4) is 0 Å². The quantitative estimate of drug-likeness (QED) is 0.699. The third-order valence-electron chi connectivity index (χ3n) is 3.14. The van der Waals surface area contributed by atoms with Crippen LogP contribution in [0.15, 0.2) is 12.3 Å². The smallest absolute Gasteiger partial charge is 0.353 e. The molecule has 1 fully saturated rings. The average Bonchev–Trinajstić information content (AvgIpc) is 2.74. The van der Waals surface area contributed by atoms with Gasteiger partial charge in [-0.3, -0.25) is 0 Å². The van der Waals surface area contributed by atoms with Crippen molar-refractivity contribution in [1.82, 2.24) is 9.29 Å². The highest BCUT2D eigenvalue weighted by Gasteiger charge is 2.27. The van der Waals surface area contributed by atoms with Gasteiger partial charge in [0.25, 0.3) is 0 Å². The lowest BCUT2D eigenvalue weighted by atomic mass is 9.90. The van der Waals surface area contributed by atoms with Gasteiger partial charge in [-0.25, -0.2) is 13.9 Å². The predicted molar refractivity (Wildman–Crippen MR) is 64.7 cm³/mol. The first-order chi connectivity index (χ1) is 8.41. The minimum absolute atomic E-state index is 0.0559. The zero-order valence-corrected chi connectivity index (χ0v) is 10.5. The molecule has 0 bridgehead atoms. The van der Waals surface area contributed by atoms with E-state index in [1.54, 1.807) is 0 Å². The largest absolute Gasteiger partial charge is 0.477 e. The molecular formula is C10H15N3O4S. The normalized spacial score (nSPS) is 17.8. The number of carboxylic acids is 1. The van der Waals surface area contributed by atoms with E-state index in [0.717, 1.165) is 25.9 Å². The molecule has 2 rings (SSSR count). The lowest BCUT2D eigenvalue weighted by Gasteiger charge is -2.22. The minimum atomic E-state index is -4.08. The first-order valence-corrected chi connectivity index (χ1v) is 7.10. The number of piperidine rings is 1. The fourth-order valence-corrected chi connectivity index (χ4v) is 2.99. The van der Waals surface area contributed by atoms with Crippen molar-refractivity contribution >= 4 is 16.2 Å². The Morgan fingerprint density at radius 2 is 2.06 bits per heavy atom. The molecule has 1 aliphatic heterocycles. The van der Waals surface area contributed by atoms with Crippen LogP contribution in [-0.2, 0) is 10.2 Å². The van der Waals surface area contributed by atoms with Crippen molar-refractivity contribution in [2.24, 2.45) is 5.14 Å². The van der Waals surface area contributed by atoms with E-state index in [1.807, 2.05) is 0 Å². The van der Waals surface area contributed by atoms with E-state index < -0.39 is 16.2 Å². The van der Waals surface area contributed by atoms with Crippen molar-refractivity contribution in [2.45, 2.75) is 18.8 Å². The lowest BCUT2D eigenvalue weighted by molar-refractivity contribution is 0.0687. The molecule has 0 spiro atoms. The van der Waals surface area contributed by atoms with Crippen LogP contribution in [0.5, 0.6) is 0 Å². The third kappa shape index (κ3) is 2.40. The highest BCUT2D eigenvalue weighted by atomic mass is 32.2. The Balaban J connectivity index is 2.48. The molecule has 100 valence electrons. The van der Waals surface area contributed by atoms with Crippen LogP contribution in [0, 0.1) is 0 Å². The monoisotopic (exact) mass is 273 g/mol. The van der Waals surface area contributed by atoms with Gasteiger partial charge in [-0.1, -0.05) is 0 Å². The fraction of sp³-hybridized carbons (Fsp3) is 0.500. The van der Waals surface area contributed by atoms with E-state index in [4.69, 9.17) is 5.14 Å². The van der Waals surface area contributed by atoms with E-state index in [1.165, 1.54) is 12.3 Å². The van der Waals surface area contributed by atoms with Gasteiger partial charge in [-0.05, 0) is 43.5 Å². The van der Waals surface area contributed by atoms with E-state index in [9.17, 15) is 18.3 Å². The van der Waals surface area contributed by atoms with Crippen LogP contribution in [0.3, 0.4) is 0 Å². The van der Waals surface area contributed by atoms with Crippen molar-refractivity contribution in [1.29, 1.82) is 0 Å². The summed E-state index contributed by atoms with van der Waals surface area (Å²) in [5, 5.41) is 17.3. The molecule has 0 aromatic carbocycles. The Hall–Kier alpha value is -1.38. The number of rotatable bonds is 3. The van der Waals surface area contributed by atoms with Crippen molar-refractivity contribution in [2.75, 3.05) is 13.1 Å². The van der Waals surface area contributed by atoms with Gasteiger partial charge in [0.05, 0.1) is 0 Å². The maximum absolute atomic E-state index is 11.3. The number of nitrogens with two attached hydrogens (primary N) is 1. The number of carbonyl (C=O) groups is 1. The van der Waals surface area contributed by atoms with Crippen LogP contribution < -0.4 is 10.5 Å². The summed E-state index contributed by atoms with van der Waals surface area (Å²) < 4.78 is 23.3. The summed E-state index contributed by atoms with van der Waals surface area (Å²) in [7, 11) is -4.08. The van der Waals surface area contributed by atoms with E-state index in [-0.39, 0.29) is 11.6 Å². The molecule has 8 heteroatoms. The highest BCUT2D eigenvalue weighted by molar-refractivity contribution is 7.87. The van der Waals surface area contributed by atoms with Crippen LogP contribution in [0.25, 0.3) is 0 Å². The molecule has 1 aromatic rings. The topological polar surface area (TPSA) is 114 Å². The number of nitrogens with one attached hydrogen (secondary N) is 1. The Bertz CT molecular complexity index is 558. The molecule has 1 saturated heterocycles. The molecule has 18 heavy (non-hydrogen) atoms. The molecule has 7 nitrogen and oxygen atoms in total. The number of aromatic nitrogens is 1. The molecule has 0 unspecified atom stereocenters. The Morgan fingerprint density at radius 3 is 2.56 bits per heavy atom. The molecule has 0 aliphatic carbocycles. The SMILES string of the molecule is NS(=O)(=O)n1ccc(C2CCNCC2)c1C(=O)O. The number of aromatic carboxylic acids is 1. The van der Waals surface area contributed by atoms with Gasteiger partial charge in [0.1, 0.15) is 5.69 Å². The second-order valence-electron chi connectivity index (χ2n) is 4.29. The molecule has 1 aliphatic rings. The molecular weight excluding hydrogens is 258 g/mol. The molecule has 0 saturated carbocycles. The minimum Gasteiger partial charge on any atom is -0.477 e. The zero-order chi connectivity index (χ0) is 13.3. The molecule has 1 aromatic heterocycles. The standard InChI is InChI=1S/C10H15N3O4S/c11-18(16,17)13-6-3-8(9(13)10(14)15)7-1-4-12-5-2-7/h3,6-7,12H,1-2,4-5H2,(H,14,15)(H2,11,16,17). The Morgan fingerprint density at radius 1 is 1.44 bits per heavy atom. The van der Waals surface area contributed by atoms with Crippen LogP contribution in [-0.4, -0.2) is 36.6 Å². The number of hydrogen-bond donors (Lipinski definition) is 3. The van der Waals surface area contributed by atoms with Crippen LogP contribution in [0.4, 0.5) is 0 Å². The number of hydrogen-bond acceptors (Lipinski definition) is 4. The van der Waals surface area contributed by atoms with Crippen molar-refractivity contribution < 1.29 is 18.3 Å². The lowest BCUT2D eigenvalue weighted by Crippen LogP contribution is -2.29. The van der Waals surface area contributed by atoms with Gasteiger partial charge < -0.3 is 10.4 Å². The number of nitrogens with zero attached hydrogens (tertiary/aromatic N) is 1. The summed E-state index contributed by atoms with van der Waals surface area (Å²) in [6.07, 6.45) is 2.78. The van der Waals surface area contributed by atoms with Crippen LogP contribution in [0.2, 0.25) is 0 Å². The fourth-order valence-electron chi connectivity index (χ4n) is 2.32. The van der Waals surface area contributed by atoms with Crippen molar-refractivity contribution in [3.63, 3.8) is 0 Å². The maximum atomic E-state index is 11.3. The van der Waals surface area contributed by atoms with Gasteiger partial charge in [0.15, 0.2) is 0 Å². The summed E-state index contributed by atoms with van der Waals surface area (Å²) in [5.41, 5.74) is 0.294. The van der Waals surface area contributed by atoms with E-state index in [2.05, 4.69) is 5.32 Å². The third-order valence-corrected chi connectivity index (χ3v) is 3.99. The van der Waals surface area contributed by atoms with Crippen LogP contribution in [0.1, 0.15) is 34.8 Å². The molecule has 0 atom stereocenters. The second kappa shape index (κ2) is 4.71. The zero-order valence-electron chi connectivity index (χ0n) is 9.67. The summed E-state index contributed by atoms with van der Waals surface area (Å²) in [6.45, 7) is 1.59.